The van der Waals surface area contributed by atoms with Gasteiger partial charge in [-0.1, -0.05) is 25.3 Å². The van der Waals surface area contributed by atoms with Gasteiger partial charge in [-0.05, 0) is 69.3 Å². The topological polar surface area (TPSA) is 104 Å². The fourth-order valence-corrected chi connectivity index (χ4v) is 6.07. The zero-order valence-electron chi connectivity index (χ0n) is 19.4. The van der Waals surface area contributed by atoms with Gasteiger partial charge in [-0.2, -0.15) is 0 Å². The Balaban J connectivity index is 1.69. The van der Waals surface area contributed by atoms with Crippen molar-refractivity contribution in [3.05, 3.63) is 46.7 Å². The summed E-state index contributed by atoms with van der Waals surface area (Å²) in [4.78, 5) is 27.0. The average Bonchev–Trinajstić information content (AvgIpc) is 3.26. The molecule has 3 rings (SSSR count). The van der Waals surface area contributed by atoms with Crippen LogP contribution in [0, 0.1) is 5.92 Å². The van der Waals surface area contributed by atoms with Crippen molar-refractivity contribution in [2.45, 2.75) is 75.8 Å². The van der Waals surface area contributed by atoms with Crippen molar-refractivity contribution in [3.63, 3.8) is 0 Å². The molecule has 1 heterocycles. The fraction of sp³-hybridized carbons (Fsp3) is 0.500. The Hall–Kier alpha value is -2.23. The lowest BCUT2D eigenvalue weighted by atomic mass is 9.88. The number of hydrogen-bond acceptors (Lipinski definition) is 5. The van der Waals surface area contributed by atoms with Crippen LogP contribution in [0.15, 0.2) is 46.7 Å². The molecule has 9 heteroatoms. The van der Waals surface area contributed by atoms with Crippen LogP contribution in [-0.4, -0.2) is 31.8 Å². The number of hydrogen-bond donors (Lipinski definition) is 3. The Labute approximate surface area is 200 Å². The van der Waals surface area contributed by atoms with Gasteiger partial charge in [-0.15, -0.1) is 11.3 Å². The molecule has 1 saturated carbocycles. The summed E-state index contributed by atoms with van der Waals surface area (Å²) in [5.41, 5.74) is -0.130. The van der Waals surface area contributed by atoms with E-state index >= 15 is 0 Å². The van der Waals surface area contributed by atoms with Crippen LogP contribution in [-0.2, 0) is 26.0 Å². The molecule has 2 aromatic rings. The van der Waals surface area contributed by atoms with Gasteiger partial charge in [0, 0.05) is 28.4 Å². The molecule has 1 aliphatic rings. The van der Waals surface area contributed by atoms with E-state index in [4.69, 9.17) is 0 Å². The van der Waals surface area contributed by atoms with Crippen LogP contribution in [0.1, 0.15) is 57.8 Å². The molecule has 180 valence electrons. The molecule has 7 nitrogen and oxygen atoms in total. The number of anilines is 1. The van der Waals surface area contributed by atoms with Gasteiger partial charge in [0.2, 0.25) is 21.8 Å². The third-order valence-corrected chi connectivity index (χ3v) is 8.14. The minimum absolute atomic E-state index is 0.0443. The molecule has 1 aliphatic carbocycles. The summed E-state index contributed by atoms with van der Waals surface area (Å²) in [6.45, 7) is 5.32. The fourth-order valence-electron chi connectivity index (χ4n) is 3.90. The molecular formula is C24H33N3O4S2. The highest BCUT2D eigenvalue weighted by atomic mass is 32.2. The van der Waals surface area contributed by atoms with E-state index in [-0.39, 0.29) is 22.6 Å². The van der Waals surface area contributed by atoms with Gasteiger partial charge in [0.1, 0.15) is 6.04 Å². The number of benzene rings is 1. The van der Waals surface area contributed by atoms with Crippen LogP contribution in [0.5, 0.6) is 0 Å². The third kappa shape index (κ3) is 7.65. The van der Waals surface area contributed by atoms with Gasteiger partial charge in [0.05, 0.1) is 4.90 Å². The Morgan fingerprint density at radius 3 is 2.30 bits per heavy atom. The molecule has 0 radical (unpaired) electrons. The summed E-state index contributed by atoms with van der Waals surface area (Å²) in [7, 11) is -3.66. The molecule has 1 aromatic carbocycles. The smallest absolute Gasteiger partial charge is 0.247 e. The highest BCUT2D eigenvalue weighted by Crippen LogP contribution is 2.24. The number of nitrogens with one attached hydrogen (secondary N) is 3. The highest BCUT2D eigenvalue weighted by Gasteiger charge is 2.27. The maximum absolute atomic E-state index is 13.1. The van der Waals surface area contributed by atoms with E-state index in [0.717, 1.165) is 37.0 Å². The number of thiophene rings is 1. The zero-order valence-corrected chi connectivity index (χ0v) is 21.0. The summed E-state index contributed by atoms with van der Waals surface area (Å²) in [5.74, 6) is -0.436. The molecule has 2 amide bonds. The van der Waals surface area contributed by atoms with Crippen molar-refractivity contribution < 1.29 is 18.0 Å². The van der Waals surface area contributed by atoms with Gasteiger partial charge in [-0.25, -0.2) is 13.1 Å². The summed E-state index contributed by atoms with van der Waals surface area (Å²) in [5, 5.41) is 7.72. The van der Waals surface area contributed by atoms with Crippen LogP contribution < -0.4 is 15.4 Å². The lowest BCUT2D eigenvalue weighted by Gasteiger charge is -2.24. The first-order valence-electron chi connectivity index (χ1n) is 11.3. The Morgan fingerprint density at radius 2 is 1.73 bits per heavy atom. The molecule has 1 atom stereocenters. The normalized spacial score (nSPS) is 16.2. The monoisotopic (exact) mass is 491 g/mol. The Kier molecular flexibility index (Phi) is 8.31. The van der Waals surface area contributed by atoms with E-state index < -0.39 is 21.6 Å². The predicted octanol–water partition coefficient (Wildman–Crippen LogP) is 4.07. The van der Waals surface area contributed by atoms with E-state index in [2.05, 4.69) is 15.4 Å². The lowest BCUT2D eigenvalue weighted by molar-refractivity contribution is -0.130. The average molecular weight is 492 g/mol. The number of rotatable bonds is 8. The van der Waals surface area contributed by atoms with Gasteiger partial charge in [0.25, 0.3) is 0 Å². The minimum Gasteiger partial charge on any atom is -0.344 e. The number of carbonyl (C=O) groups is 2. The van der Waals surface area contributed by atoms with Crippen LogP contribution in [0.25, 0.3) is 0 Å². The second-order valence-electron chi connectivity index (χ2n) is 9.55. The molecule has 0 bridgehead atoms. The zero-order chi connectivity index (χ0) is 24.1. The molecule has 1 fully saturated rings. The van der Waals surface area contributed by atoms with Crippen molar-refractivity contribution in [1.29, 1.82) is 0 Å². The van der Waals surface area contributed by atoms with Crippen molar-refractivity contribution in [3.8, 4) is 0 Å². The molecule has 0 saturated heterocycles. The van der Waals surface area contributed by atoms with E-state index in [9.17, 15) is 18.0 Å². The number of amides is 2. The molecule has 0 unspecified atom stereocenters. The van der Waals surface area contributed by atoms with E-state index in [1.54, 1.807) is 44.2 Å². The van der Waals surface area contributed by atoms with Gasteiger partial charge in [0.15, 0.2) is 0 Å². The maximum atomic E-state index is 13.1. The third-order valence-electron chi connectivity index (χ3n) is 5.47. The number of carbonyl (C=O) groups excluding carboxylic acids is 2. The molecule has 1 aromatic heterocycles. The van der Waals surface area contributed by atoms with Crippen LogP contribution in [0.4, 0.5) is 5.69 Å². The standard InChI is InChI=1S/C24H33N3O4S2/c1-24(2,3)27-33(30,31)20-13-11-18(12-14-20)25-23(29)21(16-19-10-7-15-32-19)26-22(28)17-8-5-4-6-9-17/h7,10-15,17,21,27H,4-6,8-9,16H2,1-3H3,(H,25,29)(H,26,28)/t21-/m0/s1. The maximum Gasteiger partial charge on any atom is 0.247 e. The van der Waals surface area contributed by atoms with Gasteiger partial charge in [-0.3, -0.25) is 9.59 Å². The molecular weight excluding hydrogens is 458 g/mol. The van der Waals surface area contributed by atoms with Crippen LogP contribution in [0.2, 0.25) is 0 Å². The van der Waals surface area contributed by atoms with Crippen molar-refractivity contribution in [2.24, 2.45) is 5.92 Å². The molecule has 0 spiro atoms. The number of sulfonamides is 1. The quantitative estimate of drug-likeness (QED) is 0.518. The first kappa shape index (κ1) is 25.4. The molecule has 3 N–H and O–H groups in total. The molecule has 0 aliphatic heterocycles. The van der Waals surface area contributed by atoms with Crippen molar-refractivity contribution >= 4 is 38.9 Å². The summed E-state index contributed by atoms with van der Waals surface area (Å²) in [6, 6.07) is 9.18. The second kappa shape index (κ2) is 10.8. The van der Waals surface area contributed by atoms with E-state index in [0.29, 0.717) is 12.1 Å². The first-order chi connectivity index (χ1) is 15.5. The lowest BCUT2D eigenvalue weighted by Crippen LogP contribution is -2.47. The molecule has 33 heavy (non-hydrogen) atoms. The predicted molar refractivity (Wildman–Crippen MR) is 132 cm³/mol. The second-order valence-corrected chi connectivity index (χ2v) is 12.3. The van der Waals surface area contributed by atoms with Crippen molar-refractivity contribution in [1.82, 2.24) is 10.0 Å². The van der Waals surface area contributed by atoms with Crippen LogP contribution >= 0.6 is 11.3 Å². The van der Waals surface area contributed by atoms with E-state index in [1.807, 2.05) is 17.5 Å². The SMILES string of the molecule is CC(C)(C)NS(=O)(=O)c1ccc(NC(=O)[C@H](Cc2cccs2)NC(=O)C2CCCCC2)cc1. The van der Waals surface area contributed by atoms with Gasteiger partial charge < -0.3 is 10.6 Å². The van der Waals surface area contributed by atoms with Gasteiger partial charge >= 0.3 is 0 Å². The summed E-state index contributed by atoms with van der Waals surface area (Å²) in [6.07, 6.45) is 5.36. The Morgan fingerprint density at radius 1 is 1.06 bits per heavy atom. The minimum atomic E-state index is -3.66. The van der Waals surface area contributed by atoms with Crippen molar-refractivity contribution in [2.75, 3.05) is 5.32 Å². The highest BCUT2D eigenvalue weighted by molar-refractivity contribution is 7.89. The van der Waals surface area contributed by atoms with E-state index in [1.165, 1.54) is 12.1 Å². The van der Waals surface area contributed by atoms with Crippen LogP contribution in [0.3, 0.4) is 0 Å². The summed E-state index contributed by atoms with van der Waals surface area (Å²) < 4.78 is 27.6. The largest absolute Gasteiger partial charge is 0.344 e. The first-order valence-corrected chi connectivity index (χ1v) is 13.7. The summed E-state index contributed by atoms with van der Waals surface area (Å²) >= 11 is 1.54. The Bertz CT molecular complexity index is 1040.